The number of sulfonamides is 1. The molecule has 0 aliphatic carbocycles. The Morgan fingerprint density at radius 2 is 1.53 bits per heavy atom. The molecule has 0 aliphatic heterocycles. The number of benzene rings is 4. The molecule has 0 aromatic heterocycles. The van der Waals surface area contributed by atoms with Crippen molar-refractivity contribution in [2.45, 2.75) is 50.7 Å². The molecule has 0 saturated carbocycles. The number of aryl methyl sites for hydroxylation is 1. The fraction of sp³-hybridized carbons (Fsp3) is 0.257. The molecule has 1 N–H and O–H groups in total. The lowest BCUT2D eigenvalue weighted by atomic mass is 10.0. The molecule has 4 aromatic carbocycles. The summed E-state index contributed by atoms with van der Waals surface area (Å²) in [5.74, 6) is -1.04. The highest BCUT2D eigenvalue weighted by Gasteiger charge is 2.35. The van der Waals surface area contributed by atoms with Gasteiger partial charge in [-0.3, -0.25) is 13.9 Å². The molecular formula is C35H38FN3O5S. The Morgan fingerprint density at radius 1 is 0.867 bits per heavy atom. The minimum absolute atomic E-state index is 0.00666. The zero-order valence-electron chi connectivity index (χ0n) is 25.8. The van der Waals surface area contributed by atoms with Crippen LogP contribution in [0.1, 0.15) is 30.5 Å². The smallest absolute Gasteiger partial charge is 0.264 e. The van der Waals surface area contributed by atoms with Gasteiger partial charge in [0, 0.05) is 25.1 Å². The molecule has 236 valence electrons. The Morgan fingerprint density at radius 3 is 2.16 bits per heavy atom. The Balaban J connectivity index is 1.81. The van der Waals surface area contributed by atoms with Gasteiger partial charge in [-0.15, -0.1) is 0 Å². The summed E-state index contributed by atoms with van der Waals surface area (Å²) < 4.78 is 48.5. The monoisotopic (exact) mass is 631 g/mol. The molecule has 0 aliphatic rings. The molecule has 0 saturated heterocycles. The van der Waals surface area contributed by atoms with Crippen molar-refractivity contribution in [2.24, 2.45) is 0 Å². The number of halogens is 1. The van der Waals surface area contributed by atoms with Crippen molar-refractivity contribution >= 4 is 27.5 Å². The number of amides is 2. The first kappa shape index (κ1) is 33.2. The number of nitrogens with zero attached hydrogens (tertiary/aromatic N) is 2. The van der Waals surface area contributed by atoms with Crippen LogP contribution in [0.15, 0.2) is 108 Å². The van der Waals surface area contributed by atoms with Crippen molar-refractivity contribution in [2.75, 3.05) is 18.0 Å². The van der Waals surface area contributed by atoms with Crippen LogP contribution in [0.5, 0.6) is 5.75 Å². The van der Waals surface area contributed by atoms with E-state index in [1.807, 2.05) is 51.1 Å². The van der Waals surface area contributed by atoms with Gasteiger partial charge in [-0.1, -0.05) is 66.2 Å². The van der Waals surface area contributed by atoms with Crippen molar-refractivity contribution in [3.63, 3.8) is 0 Å². The number of carbonyl (C=O) groups is 2. The number of carbonyl (C=O) groups excluding carboxylic acids is 2. The molecule has 45 heavy (non-hydrogen) atoms. The van der Waals surface area contributed by atoms with Gasteiger partial charge < -0.3 is 15.0 Å². The number of ether oxygens (including phenoxy) is 1. The second-order valence-electron chi connectivity index (χ2n) is 11.0. The van der Waals surface area contributed by atoms with E-state index in [-0.39, 0.29) is 29.6 Å². The second kappa shape index (κ2) is 14.9. The van der Waals surface area contributed by atoms with Crippen LogP contribution in [0.2, 0.25) is 0 Å². The molecule has 4 aromatic rings. The highest BCUT2D eigenvalue weighted by atomic mass is 32.2. The van der Waals surface area contributed by atoms with Crippen LogP contribution in [0.3, 0.4) is 0 Å². The summed E-state index contributed by atoms with van der Waals surface area (Å²) in [5, 5.41) is 2.91. The van der Waals surface area contributed by atoms with E-state index >= 15 is 0 Å². The van der Waals surface area contributed by atoms with E-state index in [2.05, 4.69) is 5.32 Å². The lowest BCUT2D eigenvalue weighted by molar-refractivity contribution is -0.140. The highest BCUT2D eigenvalue weighted by Crippen LogP contribution is 2.28. The molecule has 4 rings (SSSR count). The van der Waals surface area contributed by atoms with Gasteiger partial charge in [0.2, 0.25) is 11.8 Å². The standard InChI is InChI=1S/C35H38FN3O5S/c1-25(2)37-35(41)33(21-27-9-6-5-7-10-27)38(23-28-15-17-29(36)18-16-28)34(40)24-39(30-11-8-12-31(22-30)44-4)45(42,43)32-19-13-26(3)14-20-32/h5-20,22,25,33H,21,23-24H2,1-4H3,(H,37,41). The molecule has 1 unspecified atom stereocenters. The molecule has 2 amide bonds. The lowest BCUT2D eigenvalue weighted by Gasteiger charge is -2.34. The van der Waals surface area contributed by atoms with Crippen molar-refractivity contribution in [3.05, 3.63) is 126 Å². The van der Waals surface area contributed by atoms with Crippen molar-refractivity contribution in [3.8, 4) is 5.75 Å². The van der Waals surface area contributed by atoms with Crippen LogP contribution >= 0.6 is 0 Å². The molecule has 0 spiro atoms. The minimum Gasteiger partial charge on any atom is -0.497 e. The van der Waals surface area contributed by atoms with E-state index in [1.165, 1.54) is 42.3 Å². The van der Waals surface area contributed by atoms with Crippen LogP contribution in [0.4, 0.5) is 10.1 Å². The fourth-order valence-electron chi connectivity index (χ4n) is 4.85. The van der Waals surface area contributed by atoms with Crippen LogP contribution in [-0.4, -0.2) is 50.9 Å². The van der Waals surface area contributed by atoms with Gasteiger partial charge in [-0.2, -0.15) is 0 Å². The quantitative estimate of drug-likeness (QED) is 0.210. The second-order valence-corrected chi connectivity index (χ2v) is 12.9. The molecular weight excluding hydrogens is 593 g/mol. The summed E-state index contributed by atoms with van der Waals surface area (Å²) in [6.45, 7) is 4.83. The van der Waals surface area contributed by atoms with Gasteiger partial charge in [0.05, 0.1) is 17.7 Å². The molecule has 0 bridgehead atoms. The maximum absolute atomic E-state index is 14.4. The van der Waals surface area contributed by atoms with Crippen LogP contribution in [0.25, 0.3) is 0 Å². The topological polar surface area (TPSA) is 96.0 Å². The lowest BCUT2D eigenvalue weighted by Crippen LogP contribution is -2.54. The fourth-order valence-corrected chi connectivity index (χ4v) is 6.26. The molecule has 0 fully saturated rings. The van der Waals surface area contributed by atoms with Crippen LogP contribution < -0.4 is 14.4 Å². The van der Waals surface area contributed by atoms with E-state index in [9.17, 15) is 22.4 Å². The van der Waals surface area contributed by atoms with E-state index in [1.54, 1.807) is 42.5 Å². The van der Waals surface area contributed by atoms with Gasteiger partial charge in [0.15, 0.2) is 0 Å². The first-order valence-corrected chi connectivity index (χ1v) is 16.0. The van der Waals surface area contributed by atoms with Crippen LogP contribution in [0, 0.1) is 12.7 Å². The number of anilines is 1. The summed E-state index contributed by atoms with van der Waals surface area (Å²) in [7, 11) is -2.78. The van der Waals surface area contributed by atoms with Gasteiger partial charge >= 0.3 is 0 Å². The Bertz CT molecular complexity index is 1700. The first-order valence-electron chi connectivity index (χ1n) is 14.6. The van der Waals surface area contributed by atoms with E-state index in [4.69, 9.17) is 4.74 Å². The normalized spacial score (nSPS) is 12.0. The number of nitrogens with one attached hydrogen (secondary N) is 1. The zero-order valence-corrected chi connectivity index (χ0v) is 26.6. The molecule has 0 heterocycles. The average Bonchev–Trinajstić information content (AvgIpc) is 3.02. The summed E-state index contributed by atoms with van der Waals surface area (Å²) in [6, 6.07) is 26.5. The molecule has 0 radical (unpaired) electrons. The maximum atomic E-state index is 14.4. The zero-order chi connectivity index (χ0) is 32.6. The Labute approximate surface area is 264 Å². The van der Waals surface area contributed by atoms with E-state index in [0.717, 1.165) is 15.4 Å². The Hall–Kier alpha value is -4.70. The average molecular weight is 632 g/mol. The van der Waals surface area contributed by atoms with Gasteiger partial charge in [-0.05, 0) is 68.3 Å². The van der Waals surface area contributed by atoms with E-state index in [0.29, 0.717) is 11.3 Å². The highest BCUT2D eigenvalue weighted by molar-refractivity contribution is 7.92. The number of rotatable bonds is 13. The Kier molecular flexibility index (Phi) is 11.0. The SMILES string of the molecule is COc1cccc(N(CC(=O)N(Cc2ccc(F)cc2)C(Cc2ccccc2)C(=O)NC(C)C)S(=O)(=O)c2ccc(C)cc2)c1. The molecule has 1 atom stereocenters. The third-order valence-electron chi connectivity index (χ3n) is 7.20. The summed E-state index contributed by atoms with van der Waals surface area (Å²) in [5.41, 5.74) is 2.49. The van der Waals surface area contributed by atoms with Crippen molar-refractivity contribution in [1.82, 2.24) is 10.2 Å². The third-order valence-corrected chi connectivity index (χ3v) is 8.99. The summed E-state index contributed by atoms with van der Waals surface area (Å²) in [6.07, 6.45) is 0.177. The van der Waals surface area contributed by atoms with Gasteiger partial charge in [0.1, 0.15) is 24.2 Å². The van der Waals surface area contributed by atoms with Gasteiger partial charge in [0.25, 0.3) is 10.0 Å². The third kappa shape index (κ3) is 8.69. The van der Waals surface area contributed by atoms with E-state index < -0.39 is 40.2 Å². The van der Waals surface area contributed by atoms with Crippen molar-refractivity contribution in [1.29, 1.82) is 0 Å². The molecule has 8 nitrogen and oxygen atoms in total. The number of hydrogen-bond donors (Lipinski definition) is 1. The minimum atomic E-state index is -4.25. The van der Waals surface area contributed by atoms with Crippen molar-refractivity contribution < 1.29 is 27.1 Å². The largest absolute Gasteiger partial charge is 0.497 e. The summed E-state index contributed by atoms with van der Waals surface area (Å²) >= 11 is 0. The van der Waals surface area contributed by atoms with Crippen LogP contribution in [-0.2, 0) is 32.6 Å². The number of methoxy groups -OCH3 is 1. The molecule has 10 heteroatoms. The predicted molar refractivity (Wildman–Crippen MR) is 173 cm³/mol. The maximum Gasteiger partial charge on any atom is 0.264 e. The number of hydrogen-bond acceptors (Lipinski definition) is 5. The van der Waals surface area contributed by atoms with Gasteiger partial charge in [-0.25, -0.2) is 12.8 Å². The first-order chi connectivity index (χ1) is 21.5. The summed E-state index contributed by atoms with van der Waals surface area (Å²) in [4.78, 5) is 29.5. The predicted octanol–water partition coefficient (Wildman–Crippen LogP) is 5.50.